The summed E-state index contributed by atoms with van der Waals surface area (Å²) in [6, 6.07) is 0.366. The number of aliphatic imine (C=N–C) groups is 1. The Labute approximate surface area is 167 Å². The monoisotopic (exact) mass is 464 g/mol. The van der Waals surface area contributed by atoms with Crippen LogP contribution in [0.5, 0.6) is 0 Å². The number of hydrogen-bond donors (Lipinski definition) is 2. The van der Waals surface area contributed by atoms with Crippen LogP contribution >= 0.6 is 24.0 Å². The molecule has 7 nitrogen and oxygen atoms in total. The number of rotatable bonds is 7. The zero-order chi connectivity index (χ0) is 17.5. The zero-order valence-electron chi connectivity index (χ0n) is 15.9. The smallest absolute Gasteiger partial charge is 0.345 e. The molecule has 1 aliphatic heterocycles. The Kier molecular flexibility index (Phi) is 9.52. The first-order valence-corrected chi connectivity index (χ1v) is 9.24. The molecule has 0 radical (unpaired) electrons. The highest BCUT2D eigenvalue weighted by molar-refractivity contribution is 14.0. The third-order valence-electron chi connectivity index (χ3n) is 4.54. The maximum atomic E-state index is 12.3. The largest absolute Gasteiger partial charge is 0.357 e. The first kappa shape index (κ1) is 22.0. The number of guanidine groups is 1. The Bertz CT molecular complexity index is 607. The topological polar surface area (TPSA) is 76.2 Å². The zero-order valence-corrected chi connectivity index (χ0v) is 18.2. The fraction of sp³-hybridized carbons (Fsp3) is 0.824. The summed E-state index contributed by atoms with van der Waals surface area (Å²) in [5.41, 5.74) is 0.0344. The number of aromatic nitrogens is 3. The van der Waals surface area contributed by atoms with E-state index < -0.39 is 0 Å². The van der Waals surface area contributed by atoms with Crippen molar-refractivity contribution in [2.24, 2.45) is 10.9 Å². The minimum Gasteiger partial charge on any atom is -0.357 e. The van der Waals surface area contributed by atoms with Crippen molar-refractivity contribution in [2.75, 3.05) is 13.1 Å². The van der Waals surface area contributed by atoms with Gasteiger partial charge in [-0.25, -0.2) is 9.48 Å². The summed E-state index contributed by atoms with van der Waals surface area (Å²) in [7, 11) is 0. The van der Waals surface area contributed by atoms with E-state index >= 15 is 0 Å². The fourth-order valence-corrected chi connectivity index (χ4v) is 2.71. The lowest BCUT2D eigenvalue weighted by molar-refractivity contribution is 0.480. The van der Waals surface area contributed by atoms with Gasteiger partial charge in [0.1, 0.15) is 5.82 Å². The van der Waals surface area contributed by atoms with Crippen molar-refractivity contribution in [2.45, 2.75) is 72.5 Å². The number of nitrogens with one attached hydrogen (secondary N) is 2. The van der Waals surface area contributed by atoms with E-state index in [0.29, 0.717) is 25.0 Å². The third kappa shape index (κ3) is 6.31. The Balaban J connectivity index is 0.00000312. The van der Waals surface area contributed by atoms with Gasteiger partial charge in [0.2, 0.25) is 0 Å². The van der Waals surface area contributed by atoms with Gasteiger partial charge in [0.05, 0.1) is 0 Å². The van der Waals surface area contributed by atoms with E-state index in [4.69, 9.17) is 0 Å². The molecule has 0 fully saturated rings. The molecule has 144 valence electrons. The van der Waals surface area contributed by atoms with Crippen molar-refractivity contribution in [3.8, 4) is 0 Å². The van der Waals surface area contributed by atoms with Crippen molar-refractivity contribution >= 4 is 29.9 Å². The molecule has 8 heteroatoms. The quantitative estimate of drug-likeness (QED) is 0.280. The summed E-state index contributed by atoms with van der Waals surface area (Å²) in [4.78, 5) is 16.9. The van der Waals surface area contributed by atoms with Crippen molar-refractivity contribution in [1.82, 2.24) is 25.0 Å². The lowest BCUT2D eigenvalue weighted by Crippen LogP contribution is -2.44. The van der Waals surface area contributed by atoms with Gasteiger partial charge in [-0.2, -0.15) is 5.10 Å². The highest BCUT2D eigenvalue weighted by Gasteiger charge is 2.16. The Morgan fingerprint density at radius 2 is 2.08 bits per heavy atom. The minimum atomic E-state index is 0. The average Bonchev–Trinajstić information content (AvgIpc) is 2.88. The Hall–Kier alpha value is -1.06. The SMILES string of the molecule is CCNC(=NCCCn1nc2n(c1=O)CCCC2)NC(C)C(C)C.I. The molecule has 1 aliphatic rings. The summed E-state index contributed by atoms with van der Waals surface area (Å²) < 4.78 is 3.43. The van der Waals surface area contributed by atoms with Gasteiger partial charge in [-0.1, -0.05) is 13.8 Å². The van der Waals surface area contributed by atoms with E-state index in [-0.39, 0.29) is 29.7 Å². The van der Waals surface area contributed by atoms with Crippen LogP contribution in [0.25, 0.3) is 0 Å². The van der Waals surface area contributed by atoms with E-state index in [9.17, 15) is 4.79 Å². The highest BCUT2D eigenvalue weighted by atomic mass is 127. The molecule has 1 aromatic heterocycles. The Morgan fingerprint density at radius 3 is 2.72 bits per heavy atom. The molecule has 0 aliphatic carbocycles. The molecular weight excluding hydrogens is 431 g/mol. The molecule has 0 spiro atoms. The molecule has 2 rings (SSSR count). The second-order valence-electron chi connectivity index (χ2n) is 6.82. The van der Waals surface area contributed by atoms with Gasteiger partial charge in [-0.15, -0.1) is 24.0 Å². The van der Waals surface area contributed by atoms with E-state index in [1.54, 1.807) is 4.68 Å². The summed E-state index contributed by atoms with van der Waals surface area (Å²) >= 11 is 0. The summed E-state index contributed by atoms with van der Waals surface area (Å²) in [6.07, 6.45) is 3.94. The van der Waals surface area contributed by atoms with Crippen molar-refractivity contribution in [3.63, 3.8) is 0 Å². The van der Waals surface area contributed by atoms with E-state index in [1.807, 2.05) is 4.57 Å². The van der Waals surface area contributed by atoms with Crippen LogP contribution in [0.3, 0.4) is 0 Å². The third-order valence-corrected chi connectivity index (χ3v) is 4.54. The van der Waals surface area contributed by atoms with Crippen LogP contribution in [0.1, 0.15) is 52.8 Å². The number of aryl methyl sites for hydroxylation is 2. The van der Waals surface area contributed by atoms with Gasteiger partial charge >= 0.3 is 5.69 Å². The summed E-state index contributed by atoms with van der Waals surface area (Å²) in [5.74, 6) is 2.33. The van der Waals surface area contributed by atoms with Crippen LogP contribution in [0.2, 0.25) is 0 Å². The van der Waals surface area contributed by atoms with Crippen molar-refractivity contribution < 1.29 is 0 Å². The lowest BCUT2D eigenvalue weighted by atomic mass is 10.1. The standard InChI is InChI=1S/C17H32N6O.HI/c1-5-18-16(20-14(4)13(2)3)19-10-8-12-23-17(24)22-11-7-6-9-15(22)21-23;/h13-14H,5-12H2,1-4H3,(H2,18,19,20);1H. The minimum absolute atomic E-state index is 0. The number of nitrogens with zero attached hydrogens (tertiary/aromatic N) is 4. The second-order valence-corrected chi connectivity index (χ2v) is 6.82. The van der Waals surface area contributed by atoms with Crippen LogP contribution in [0.4, 0.5) is 0 Å². The molecule has 1 aromatic rings. The number of halogens is 1. The highest BCUT2D eigenvalue weighted by Crippen LogP contribution is 2.09. The molecular formula is C17H33IN6O. The lowest BCUT2D eigenvalue weighted by Gasteiger charge is -2.20. The van der Waals surface area contributed by atoms with E-state index in [2.05, 4.69) is 48.4 Å². The van der Waals surface area contributed by atoms with Crippen molar-refractivity contribution in [3.05, 3.63) is 16.3 Å². The molecule has 1 atom stereocenters. The van der Waals surface area contributed by atoms with Crippen LogP contribution in [-0.4, -0.2) is 39.4 Å². The van der Waals surface area contributed by atoms with Crippen LogP contribution in [-0.2, 0) is 19.5 Å². The Morgan fingerprint density at radius 1 is 1.32 bits per heavy atom. The van der Waals surface area contributed by atoms with Gasteiger partial charge in [0, 0.05) is 38.6 Å². The fourth-order valence-electron chi connectivity index (χ4n) is 2.71. The second kappa shape index (κ2) is 10.8. The maximum Gasteiger partial charge on any atom is 0.345 e. The predicted octanol–water partition coefficient (Wildman–Crippen LogP) is 1.99. The first-order valence-electron chi connectivity index (χ1n) is 9.24. The molecule has 0 saturated carbocycles. The van der Waals surface area contributed by atoms with E-state index in [0.717, 1.165) is 50.6 Å². The summed E-state index contributed by atoms with van der Waals surface area (Å²) in [5, 5.41) is 11.1. The molecule has 2 heterocycles. The number of fused-ring (bicyclic) bond motifs is 1. The van der Waals surface area contributed by atoms with Crippen molar-refractivity contribution in [1.29, 1.82) is 0 Å². The molecule has 1 unspecified atom stereocenters. The van der Waals surface area contributed by atoms with Gasteiger partial charge in [-0.3, -0.25) is 9.56 Å². The predicted molar refractivity (Wildman–Crippen MR) is 113 cm³/mol. The normalized spacial score (nSPS) is 15.5. The van der Waals surface area contributed by atoms with E-state index in [1.165, 1.54) is 0 Å². The molecule has 0 saturated heterocycles. The van der Waals surface area contributed by atoms with Gasteiger partial charge in [0.25, 0.3) is 0 Å². The van der Waals surface area contributed by atoms with Crippen LogP contribution in [0.15, 0.2) is 9.79 Å². The molecule has 0 bridgehead atoms. The maximum absolute atomic E-state index is 12.3. The summed E-state index contributed by atoms with van der Waals surface area (Å²) in [6.45, 7) is 11.6. The van der Waals surface area contributed by atoms with Gasteiger partial charge in [-0.05, 0) is 39.0 Å². The van der Waals surface area contributed by atoms with Crippen LogP contribution < -0.4 is 16.3 Å². The van der Waals surface area contributed by atoms with Gasteiger partial charge < -0.3 is 10.6 Å². The van der Waals surface area contributed by atoms with Gasteiger partial charge in [0.15, 0.2) is 5.96 Å². The molecule has 0 aromatic carbocycles. The average molecular weight is 464 g/mol. The molecule has 25 heavy (non-hydrogen) atoms. The van der Waals surface area contributed by atoms with Crippen LogP contribution in [0, 0.1) is 5.92 Å². The molecule has 2 N–H and O–H groups in total. The number of hydrogen-bond acceptors (Lipinski definition) is 3. The molecule has 0 amide bonds. The first-order chi connectivity index (χ1) is 11.5.